The number of hydrogen-bond donors (Lipinski definition) is 1. The van der Waals surface area contributed by atoms with Crippen LogP contribution in [-0.4, -0.2) is 53.1 Å². The molecule has 5 rings (SSSR count). The molecule has 2 fully saturated rings. The Labute approximate surface area is 213 Å². The van der Waals surface area contributed by atoms with Crippen molar-refractivity contribution >= 4 is 17.7 Å². The van der Waals surface area contributed by atoms with Crippen molar-refractivity contribution in [1.82, 2.24) is 20.3 Å². The Morgan fingerprint density at radius 1 is 1.05 bits per heavy atom. The van der Waals surface area contributed by atoms with Crippen LogP contribution in [0, 0.1) is 5.82 Å². The van der Waals surface area contributed by atoms with Crippen LogP contribution >= 0.6 is 0 Å². The highest BCUT2D eigenvalue weighted by atomic mass is 19.4. The summed E-state index contributed by atoms with van der Waals surface area (Å²) in [6.45, 7) is 0.416. The minimum Gasteiger partial charge on any atom is -0.465 e. The molecule has 1 saturated carbocycles. The molecule has 1 aromatic carbocycles. The summed E-state index contributed by atoms with van der Waals surface area (Å²) in [4.78, 5) is 38.1. The van der Waals surface area contributed by atoms with E-state index in [9.17, 15) is 27.2 Å². The Morgan fingerprint density at radius 2 is 1.71 bits per heavy atom. The van der Waals surface area contributed by atoms with E-state index in [2.05, 4.69) is 20.3 Å². The van der Waals surface area contributed by atoms with Gasteiger partial charge in [-0.3, -0.25) is 4.79 Å². The van der Waals surface area contributed by atoms with Gasteiger partial charge in [-0.1, -0.05) is 12.1 Å². The summed E-state index contributed by atoms with van der Waals surface area (Å²) in [5.74, 6) is -1.76. The summed E-state index contributed by atoms with van der Waals surface area (Å²) in [6.07, 6.45) is -1.37. The lowest BCUT2D eigenvalue weighted by Crippen LogP contribution is -2.55. The minimum atomic E-state index is -4.69. The predicted octanol–water partition coefficient (Wildman–Crippen LogP) is 3.50. The standard InChI is InChI=1S/C25H21F4N5O4/c1-37-22(36)14-2-4-15(5-3-14)24(6-7-24)33-21(35)19-8-16(25(27,28)29)9-30-20(19)34-12-18(13-34)38-23-31-10-17(26)11-32-23/h2-5,8-11,18H,6-7,12-13H2,1H3,(H,33,35). The van der Waals surface area contributed by atoms with E-state index in [1.54, 1.807) is 29.2 Å². The van der Waals surface area contributed by atoms with Gasteiger partial charge in [0.05, 0.1) is 54.8 Å². The number of benzene rings is 1. The predicted molar refractivity (Wildman–Crippen MR) is 124 cm³/mol. The van der Waals surface area contributed by atoms with E-state index >= 15 is 0 Å². The van der Waals surface area contributed by atoms with Crippen LogP contribution in [-0.2, 0) is 16.5 Å². The number of carbonyl (C=O) groups is 2. The number of aromatic nitrogens is 3. The molecular formula is C25H21F4N5O4. The first-order valence-corrected chi connectivity index (χ1v) is 11.6. The molecule has 2 aromatic heterocycles. The zero-order chi connectivity index (χ0) is 27.1. The van der Waals surface area contributed by atoms with Gasteiger partial charge < -0.3 is 19.7 Å². The average molecular weight is 531 g/mol. The Kier molecular flexibility index (Phi) is 6.37. The van der Waals surface area contributed by atoms with Crippen molar-refractivity contribution in [3.8, 4) is 6.01 Å². The molecule has 0 atom stereocenters. The molecule has 1 amide bonds. The van der Waals surface area contributed by atoms with Crippen molar-refractivity contribution in [2.75, 3.05) is 25.1 Å². The molecule has 9 nitrogen and oxygen atoms in total. The molecule has 3 heterocycles. The van der Waals surface area contributed by atoms with Gasteiger partial charge in [0.2, 0.25) is 0 Å². The first kappa shape index (κ1) is 25.4. The molecule has 0 radical (unpaired) electrons. The Bertz CT molecular complexity index is 1360. The van der Waals surface area contributed by atoms with Crippen molar-refractivity contribution in [2.24, 2.45) is 0 Å². The summed E-state index contributed by atoms with van der Waals surface area (Å²) in [6, 6.07) is 7.24. The molecule has 13 heteroatoms. The van der Waals surface area contributed by atoms with Gasteiger partial charge in [0.1, 0.15) is 11.9 Å². The second-order valence-corrected chi connectivity index (χ2v) is 9.03. The third-order valence-electron chi connectivity index (χ3n) is 6.42. The number of rotatable bonds is 7. The van der Waals surface area contributed by atoms with Crippen molar-refractivity contribution in [2.45, 2.75) is 30.7 Å². The number of ether oxygens (including phenoxy) is 2. The van der Waals surface area contributed by atoms with Crippen molar-refractivity contribution in [3.05, 3.63) is 77.0 Å². The maximum Gasteiger partial charge on any atom is 0.417 e. The number of pyridine rings is 1. The third kappa shape index (κ3) is 5.08. The molecule has 1 saturated heterocycles. The van der Waals surface area contributed by atoms with Crippen LogP contribution in [0.4, 0.5) is 23.4 Å². The monoisotopic (exact) mass is 531 g/mol. The van der Waals surface area contributed by atoms with Crippen LogP contribution < -0.4 is 15.0 Å². The fraction of sp³-hybridized carbons (Fsp3) is 0.320. The van der Waals surface area contributed by atoms with Gasteiger partial charge in [-0.25, -0.2) is 24.1 Å². The molecule has 0 bridgehead atoms. The van der Waals surface area contributed by atoms with Gasteiger partial charge >= 0.3 is 18.2 Å². The molecule has 198 valence electrons. The van der Waals surface area contributed by atoms with Crippen molar-refractivity contribution in [1.29, 1.82) is 0 Å². The highest BCUT2D eigenvalue weighted by Gasteiger charge is 2.47. The molecule has 0 spiro atoms. The summed E-state index contributed by atoms with van der Waals surface area (Å²) < 4.78 is 63.6. The van der Waals surface area contributed by atoms with Gasteiger partial charge in [0.15, 0.2) is 5.82 Å². The van der Waals surface area contributed by atoms with Crippen molar-refractivity contribution in [3.63, 3.8) is 0 Å². The van der Waals surface area contributed by atoms with Crippen LogP contribution in [0.3, 0.4) is 0 Å². The summed E-state index contributed by atoms with van der Waals surface area (Å²) in [7, 11) is 1.27. The minimum absolute atomic E-state index is 0.0386. The number of anilines is 1. The summed E-state index contributed by atoms with van der Waals surface area (Å²) in [5.41, 5.74) is -0.988. The zero-order valence-electron chi connectivity index (χ0n) is 20.0. The highest BCUT2D eigenvalue weighted by molar-refractivity contribution is 6.00. The number of methoxy groups -OCH3 is 1. The van der Waals surface area contributed by atoms with E-state index in [0.29, 0.717) is 24.6 Å². The van der Waals surface area contributed by atoms with Crippen LogP contribution in [0.1, 0.15) is 44.7 Å². The molecule has 1 N–H and O–H groups in total. The Balaban J connectivity index is 1.34. The molecule has 0 unspecified atom stereocenters. The smallest absolute Gasteiger partial charge is 0.417 e. The lowest BCUT2D eigenvalue weighted by atomic mass is 10.0. The normalized spacial score (nSPS) is 16.4. The maximum absolute atomic E-state index is 13.5. The Morgan fingerprint density at radius 3 is 2.29 bits per heavy atom. The fourth-order valence-corrected chi connectivity index (χ4v) is 4.17. The van der Waals surface area contributed by atoms with E-state index in [0.717, 1.165) is 24.0 Å². The number of halogens is 4. The lowest BCUT2D eigenvalue weighted by molar-refractivity contribution is -0.137. The quantitative estimate of drug-likeness (QED) is 0.365. The first-order valence-electron chi connectivity index (χ1n) is 11.6. The van der Waals surface area contributed by atoms with E-state index in [1.807, 2.05) is 0 Å². The van der Waals surface area contributed by atoms with Gasteiger partial charge in [-0.2, -0.15) is 13.2 Å². The third-order valence-corrected chi connectivity index (χ3v) is 6.42. The van der Waals surface area contributed by atoms with E-state index in [4.69, 9.17) is 9.47 Å². The zero-order valence-corrected chi connectivity index (χ0v) is 20.0. The number of hydrogen-bond acceptors (Lipinski definition) is 8. The number of carbonyl (C=O) groups excluding carboxylic acids is 2. The average Bonchev–Trinajstić information content (AvgIpc) is 3.66. The van der Waals surface area contributed by atoms with Gasteiger partial charge in [-0.05, 0) is 36.6 Å². The second-order valence-electron chi connectivity index (χ2n) is 9.03. The van der Waals surface area contributed by atoms with E-state index in [1.165, 1.54) is 7.11 Å². The van der Waals surface area contributed by atoms with Gasteiger partial charge in [-0.15, -0.1) is 0 Å². The summed E-state index contributed by atoms with van der Waals surface area (Å²) in [5, 5.41) is 2.87. The number of esters is 1. The molecule has 3 aromatic rings. The van der Waals surface area contributed by atoms with Crippen LogP contribution in [0.25, 0.3) is 0 Å². The van der Waals surface area contributed by atoms with Crippen molar-refractivity contribution < 1.29 is 36.6 Å². The number of nitrogens with zero attached hydrogens (tertiary/aromatic N) is 4. The molecule has 1 aliphatic heterocycles. The maximum atomic E-state index is 13.5. The largest absolute Gasteiger partial charge is 0.465 e. The second kappa shape index (κ2) is 9.54. The molecular weight excluding hydrogens is 510 g/mol. The lowest BCUT2D eigenvalue weighted by Gasteiger charge is -2.40. The molecule has 38 heavy (non-hydrogen) atoms. The molecule has 2 aliphatic rings. The highest BCUT2D eigenvalue weighted by Crippen LogP contribution is 2.46. The van der Waals surface area contributed by atoms with E-state index < -0.39 is 41.1 Å². The van der Waals surface area contributed by atoms with E-state index in [-0.39, 0.29) is 30.5 Å². The number of amides is 1. The van der Waals surface area contributed by atoms with Crippen LogP contribution in [0.5, 0.6) is 6.01 Å². The SMILES string of the molecule is COC(=O)c1ccc(C2(NC(=O)c3cc(C(F)(F)F)cnc3N3CC(Oc4ncc(F)cn4)C3)CC2)cc1. The van der Waals surface area contributed by atoms with Crippen LogP contribution in [0.2, 0.25) is 0 Å². The fourth-order valence-electron chi connectivity index (χ4n) is 4.17. The van der Waals surface area contributed by atoms with Crippen LogP contribution in [0.15, 0.2) is 48.9 Å². The topological polar surface area (TPSA) is 107 Å². The van der Waals surface area contributed by atoms with Gasteiger partial charge in [0, 0.05) is 6.20 Å². The molecule has 1 aliphatic carbocycles. The first-order chi connectivity index (χ1) is 18.1. The van der Waals surface area contributed by atoms with Gasteiger partial charge in [0.25, 0.3) is 5.91 Å². The Hall–Kier alpha value is -4.29. The number of alkyl halides is 3. The summed E-state index contributed by atoms with van der Waals surface area (Å²) >= 11 is 0. The number of nitrogens with one attached hydrogen (secondary N) is 1.